The molecule has 0 bridgehead atoms. The Hall–Kier alpha value is -1.95. The lowest BCUT2D eigenvalue weighted by Gasteiger charge is -2.38. The number of fused-ring (bicyclic) bond motifs is 1. The van der Waals surface area contributed by atoms with Crippen LogP contribution in [0.15, 0.2) is 30.5 Å². The summed E-state index contributed by atoms with van der Waals surface area (Å²) < 4.78 is 0. The summed E-state index contributed by atoms with van der Waals surface area (Å²) in [5, 5.41) is 10.5. The molecule has 1 saturated carbocycles. The lowest BCUT2D eigenvalue weighted by Crippen LogP contribution is -2.39. The molecule has 1 aliphatic rings. The largest absolute Gasteiger partial charge is 0.371 e. The van der Waals surface area contributed by atoms with Crippen LogP contribution in [0.4, 0.5) is 5.69 Å². The van der Waals surface area contributed by atoms with E-state index in [0.29, 0.717) is 0 Å². The third-order valence-electron chi connectivity index (χ3n) is 4.07. The molecule has 0 saturated heterocycles. The van der Waals surface area contributed by atoms with Crippen molar-refractivity contribution in [1.82, 2.24) is 4.98 Å². The quantitative estimate of drug-likeness (QED) is 0.893. The molecule has 0 spiro atoms. The minimum atomic E-state index is -0.118. The monoisotopic (exact) mass is 239 g/mol. The standard InChI is InChI=1S/C15H17N3/c1-18(11-15(10-16)7-4-8-15)14-9-17-13-6-3-2-5-12(13)14/h2-3,5-6,9,17H,4,7-8,11H2,1H3. The molecule has 0 unspecified atom stereocenters. The predicted molar refractivity (Wildman–Crippen MR) is 73.5 cm³/mol. The van der Waals surface area contributed by atoms with Crippen molar-refractivity contribution in [2.75, 3.05) is 18.5 Å². The molecule has 3 nitrogen and oxygen atoms in total. The maximum Gasteiger partial charge on any atom is 0.0748 e. The van der Waals surface area contributed by atoms with Crippen molar-refractivity contribution in [3.05, 3.63) is 30.5 Å². The van der Waals surface area contributed by atoms with Gasteiger partial charge in [0.25, 0.3) is 0 Å². The average molecular weight is 239 g/mol. The number of nitriles is 1. The van der Waals surface area contributed by atoms with Crippen LogP contribution in [0.5, 0.6) is 0 Å². The molecule has 1 aliphatic carbocycles. The van der Waals surface area contributed by atoms with Crippen LogP contribution in [0.1, 0.15) is 19.3 Å². The van der Waals surface area contributed by atoms with Crippen molar-refractivity contribution < 1.29 is 0 Å². The molecule has 3 heteroatoms. The summed E-state index contributed by atoms with van der Waals surface area (Å²) in [6, 6.07) is 10.8. The first-order chi connectivity index (χ1) is 8.74. The van der Waals surface area contributed by atoms with Gasteiger partial charge in [0, 0.05) is 30.7 Å². The van der Waals surface area contributed by atoms with E-state index in [1.165, 1.54) is 17.5 Å². The van der Waals surface area contributed by atoms with E-state index in [4.69, 9.17) is 0 Å². The van der Waals surface area contributed by atoms with E-state index >= 15 is 0 Å². The van der Waals surface area contributed by atoms with Gasteiger partial charge in [-0.1, -0.05) is 24.6 Å². The van der Waals surface area contributed by atoms with Gasteiger partial charge in [-0.15, -0.1) is 0 Å². The highest BCUT2D eigenvalue weighted by atomic mass is 15.1. The second-order valence-corrected chi connectivity index (χ2v) is 5.32. The van der Waals surface area contributed by atoms with Crippen LogP contribution in [0.2, 0.25) is 0 Å². The number of anilines is 1. The van der Waals surface area contributed by atoms with Crippen molar-refractivity contribution in [2.45, 2.75) is 19.3 Å². The van der Waals surface area contributed by atoms with Gasteiger partial charge in [-0.3, -0.25) is 0 Å². The topological polar surface area (TPSA) is 42.8 Å². The van der Waals surface area contributed by atoms with Crippen molar-refractivity contribution in [1.29, 1.82) is 5.26 Å². The van der Waals surface area contributed by atoms with Crippen LogP contribution in [0.25, 0.3) is 10.9 Å². The number of benzene rings is 1. The lowest BCUT2D eigenvalue weighted by molar-refractivity contribution is 0.223. The van der Waals surface area contributed by atoms with Crippen molar-refractivity contribution in [3.8, 4) is 6.07 Å². The number of para-hydroxylation sites is 1. The average Bonchev–Trinajstić information content (AvgIpc) is 2.77. The maximum absolute atomic E-state index is 9.31. The predicted octanol–water partition coefficient (Wildman–Crippen LogP) is 3.30. The fourth-order valence-electron chi connectivity index (χ4n) is 2.82. The van der Waals surface area contributed by atoms with E-state index < -0.39 is 0 Å². The highest BCUT2D eigenvalue weighted by molar-refractivity contribution is 5.92. The Labute approximate surface area is 107 Å². The number of rotatable bonds is 3. The molecule has 1 N–H and O–H groups in total. The molecule has 0 amide bonds. The Kier molecular flexibility index (Phi) is 2.52. The molecule has 1 heterocycles. The highest BCUT2D eigenvalue weighted by Gasteiger charge is 2.38. The molecule has 18 heavy (non-hydrogen) atoms. The normalized spacial score (nSPS) is 17.1. The van der Waals surface area contributed by atoms with Gasteiger partial charge in [0.05, 0.1) is 17.2 Å². The van der Waals surface area contributed by atoms with Gasteiger partial charge in [0.1, 0.15) is 0 Å². The van der Waals surface area contributed by atoms with Gasteiger partial charge in [-0.05, 0) is 18.9 Å². The Balaban J connectivity index is 1.88. The summed E-state index contributed by atoms with van der Waals surface area (Å²) in [7, 11) is 2.08. The molecule has 1 fully saturated rings. The minimum absolute atomic E-state index is 0.118. The first kappa shape index (κ1) is 11.2. The second-order valence-electron chi connectivity index (χ2n) is 5.32. The van der Waals surface area contributed by atoms with Crippen molar-refractivity contribution >= 4 is 16.6 Å². The molecule has 0 radical (unpaired) electrons. The zero-order valence-corrected chi connectivity index (χ0v) is 10.6. The zero-order chi connectivity index (χ0) is 12.6. The van der Waals surface area contributed by atoms with Gasteiger partial charge >= 0.3 is 0 Å². The molecule has 2 aromatic rings. The van der Waals surface area contributed by atoms with E-state index in [1.807, 2.05) is 12.3 Å². The fraction of sp³-hybridized carbons (Fsp3) is 0.400. The van der Waals surface area contributed by atoms with Gasteiger partial charge in [-0.2, -0.15) is 5.26 Å². The molecule has 1 aromatic heterocycles. The van der Waals surface area contributed by atoms with Gasteiger partial charge in [0.2, 0.25) is 0 Å². The van der Waals surface area contributed by atoms with Crippen LogP contribution in [-0.4, -0.2) is 18.6 Å². The molecular weight excluding hydrogens is 222 g/mol. The number of aromatic nitrogens is 1. The van der Waals surface area contributed by atoms with Crippen molar-refractivity contribution in [2.24, 2.45) is 5.41 Å². The maximum atomic E-state index is 9.31. The molecule has 3 rings (SSSR count). The molecule has 0 atom stereocenters. The number of nitrogens with zero attached hydrogens (tertiary/aromatic N) is 2. The molecule has 1 aromatic carbocycles. The number of hydrogen-bond donors (Lipinski definition) is 1. The summed E-state index contributed by atoms with van der Waals surface area (Å²) in [5.41, 5.74) is 2.22. The SMILES string of the molecule is CN(CC1(C#N)CCC1)c1c[nH]c2ccccc12. The first-order valence-corrected chi connectivity index (χ1v) is 6.43. The second kappa shape index (κ2) is 4.06. The van der Waals surface area contributed by atoms with E-state index in [9.17, 15) is 5.26 Å². The number of hydrogen-bond acceptors (Lipinski definition) is 2. The molecule has 0 aliphatic heterocycles. The van der Waals surface area contributed by atoms with E-state index in [1.54, 1.807) is 0 Å². The van der Waals surface area contributed by atoms with Gasteiger partial charge in [0.15, 0.2) is 0 Å². The zero-order valence-electron chi connectivity index (χ0n) is 10.6. The van der Waals surface area contributed by atoms with Gasteiger partial charge < -0.3 is 9.88 Å². The van der Waals surface area contributed by atoms with E-state index in [-0.39, 0.29) is 5.41 Å². The lowest BCUT2D eigenvalue weighted by atomic mass is 9.69. The summed E-state index contributed by atoms with van der Waals surface area (Å²) in [6.07, 6.45) is 5.30. The van der Waals surface area contributed by atoms with Crippen LogP contribution in [-0.2, 0) is 0 Å². The van der Waals surface area contributed by atoms with Crippen LogP contribution in [0, 0.1) is 16.7 Å². The van der Waals surface area contributed by atoms with Crippen molar-refractivity contribution in [3.63, 3.8) is 0 Å². The number of nitrogens with one attached hydrogen (secondary N) is 1. The first-order valence-electron chi connectivity index (χ1n) is 6.43. The highest BCUT2D eigenvalue weighted by Crippen LogP contribution is 2.41. The Morgan fingerprint density at radius 3 is 2.83 bits per heavy atom. The van der Waals surface area contributed by atoms with E-state index in [0.717, 1.165) is 24.9 Å². The van der Waals surface area contributed by atoms with Crippen LogP contribution >= 0.6 is 0 Å². The number of H-pyrrole nitrogens is 1. The number of aromatic amines is 1. The minimum Gasteiger partial charge on any atom is -0.371 e. The summed E-state index contributed by atoms with van der Waals surface area (Å²) in [6.45, 7) is 0.825. The van der Waals surface area contributed by atoms with Crippen LogP contribution < -0.4 is 4.90 Å². The smallest absolute Gasteiger partial charge is 0.0748 e. The molecule has 92 valence electrons. The molecular formula is C15H17N3. The fourth-order valence-corrected chi connectivity index (χ4v) is 2.82. The Morgan fingerprint density at radius 1 is 1.39 bits per heavy atom. The Morgan fingerprint density at radius 2 is 2.17 bits per heavy atom. The van der Waals surface area contributed by atoms with E-state index in [2.05, 4.69) is 41.2 Å². The Bertz CT molecular complexity index is 601. The van der Waals surface area contributed by atoms with Crippen LogP contribution in [0.3, 0.4) is 0 Å². The summed E-state index contributed by atoms with van der Waals surface area (Å²) >= 11 is 0. The third-order valence-corrected chi connectivity index (χ3v) is 4.07. The summed E-state index contributed by atoms with van der Waals surface area (Å²) in [4.78, 5) is 5.49. The summed E-state index contributed by atoms with van der Waals surface area (Å²) in [5.74, 6) is 0. The third kappa shape index (κ3) is 1.65. The van der Waals surface area contributed by atoms with Gasteiger partial charge in [-0.25, -0.2) is 0 Å².